The Bertz CT molecular complexity index is 925. The lowest BCUT2D eigenvalue weighted by molar-refractivity contribution is -0.117. The highest BCUT2D eigenvalue weighted by Gasteiger charge is 2.35. The molecule has 0 aliphatic carbocycles. The van der Waals surface area contributed by atoms with Crippen LogP contribution in [0.2, 0.25) is 5.02 Å². The maximum atomic E-state index is 13.9. The Morgan fingerprint density at radius 1 is 1.15 bits per heavy atom. The Labute approximate surface area is 154 Å². The van der Waals surface area contributed by atoms with E-state index in [0.29, 0.717) is 29.4 Å². The molecule has 2 aromatic carbocycles. The summed E-state index contributed by atoms with van der Waals surface area (Å²) in [5.74, 6) is 0.0820. The summed E-state index contributed by atoms with van der Waals surface area (Å²) in [6.45, 7) is 0.477. The summed E-state index contributed by atoms with van der Waals surface area (Å²) in [4.78, 5) is 14.0. The Balaban J connectivity index is 1.51. The van der Waals surface area contributed by atoms with E-state index in [1.54, 1.807) is 17.0 Å². The molecule has 7 heteroatoms. The standard InChI is InChI=1S/C19H15ClFN3O2/c20-15-7-4-8-16(21)14(15)10-17-22-23-19(26-17)12-9-18(25)24(11-12)13-5-2-1-3-6-13/h1-8,12H,9-11H2/t12-/m1/s1. The van der Waals surface area contributed by atoms with Crippen LogP contribution in [0.25, 0.3) is 0 Å². The number of halogens is 2. The summed E-state index contributed by atoms with van der Waals surface area (Å²) < 4.78 is 19.6. The number of carbonyl (C=O) groups is 1. The molecule has 2 heterocycles. The predicted octanol–water partition coefficient (Wildman–Crippen LogP) is 3.97. The molecule has 1 aliphatic heterocycles. The third-order valence-electron chi connectivity index (χ3n) is 4.41. The largest absolute Gasteiger partial charge is 0.425 e. The van der Waals surface area contributed by atoms with Crippen LogP contribution in [-0.4, -0.2) is 22.6 Å². The molecule has 0 bridgehead atoms. The first-order valence-electron chi connectivity index (χ1n) is 8.22. The molecule has 26 heavy (non-hydrogen) atoms. The predicted molar refractivity (Wildman–Crippen MR) is 94.7 cm³/mol. The molecule has 1 fully saturated rings. The number of hydrogen-bond donors (Lipinski definition) is 0. The number of amides is 1. The third kappa shape index (κ3) is 3.20. The molecule has 4 rings (SSSR count). The quantitative estimate of drug-likeness (QED) is 0.696. The van der Waals surface area contributed by atoms with Crippen LogP contribution in [0.4, 0.5) is 10.1 Å². The van der Waals surface area contributed by atoms with Gasteiger partial charge in [0.05, 0.1) is 12.3 Å². The molecule has 1 aromatic heterocycles. The van der Waals surface area contributed by atoms with Crippen LogP contribution < -0.4 is 4.90 Å². The highest BCUT2D eigenvalue weighted by molar-refractivity contribution is 6.31. The molecule has 3 aromatic rings. The van der Waals surface area contributed by atoms with E-state index in [0.717, 1.165) is 5.69 Å². The molecular weight excluding hydrogens is 357 g/mol. The van der Waals surface area contributed by atoms with Gasteiger partial charge in [0.25, 0.3) is 0 Å². The summed E-state index contributed by atoms with van der Waals surface area (Å²) in [6, 6.07) is 14.0. The SMILES string of the molecule is O=C1C[C@@H](c2nnc(Cc3c(F)cccc3Cl)o2)CN1c1ccccc1. The summed E-state index contributed by atoms with van der Waals surface area (Å²) in [5, 5.41) is 8.36. The van der Waals surface area contributed by atoms with Crippen molar-refractivity contribution in [3.63, 3.8) is 0 Å². The number of para-hydroxylation sites is 1. The summed E-state index contributed by atoms with van der Waals surface area (Å²) in [5.41, 5.74) is 1.16. The lowest BCUT2D eigenvalue weighted by Gasteiger charge is -2.15. The minimum atomic E-state index is -0.413. The summed E-state index contributed by atoms with van der Waals surface area (Å²) in [6.07, 6.45) is 0.415. The number of rotatable bonds is 4. The summed E-state index contributed by atoms with van der Waals surface area (Å²) in [7, 11) is 0. The van der Waals surface area contributed by atoms with E-state index in [4.69, 9.17) is 16.0 Å². The van der Waals surface area contributed by atoms with E-state index in [2.05, 4.69) is 10.2 Å². The van der Waals surface area contributed by atoms with Gasteiger partial charge in [0.15, 0.2) is 0 Å². The van der Waals surface area contributed by atoms with Crippen molar-refractivity contribution in [2.45, 2.75) is 18.8 Å². The number of anilines is 1. The molecule has 1 atom stereocenters. The zero-order valence-corrected chi connectivity index (χ0v) is 14.5. The van der Waals surface area contributed by atoms with E-state index in [-0.39, 0.29) is 24.1 Å². The van der Waals surface area contributed by atoms with E-state index in [1.807, 2.05) is 30.3 Å². The molecular formula is C19H15ClFN3O2. The van der Waals surface area contributed by atoms with Gasteiger partial charge in [-0.2, -0.15) is 0 Å². The lowest BCUT2D eigenvalue weighted by Crippen LogP contribution is -2.24. The van der Waals surface area contributed by atoms with Crippen LogP contribution in [0.3, 0.4) is 0 Å². The Hall–Kier alpha value is -2.73. The van der Waals surface area contributed by atoms with Gasteiger partial charge in [-0.15, -0.1) is 10.2 Å². The molecule has 0 radical (unpaired) electrons. The van der Waals surface area contributed by atoms with Crippen molar-refractivity contribution < 1.29 is 13.6 Å². The van der Waals surface area contributed by atoms with Gasteiger partial charge in [-0.05, 0) is 24.3 Å². The van der Waals surface area contributed by atoms with Crippen LogP contribution >= 0.6 is 11.6 Å². The van der Waals surface area contributed by atoms with Crippen molar-refractivity contribution in [2.24, 2.45) is 0 Å². The van der Waals surface area contributed by atoms with E-state index in [1.165, 1.54) is 6.07 Å². The van der Waals surface area contributed by atoms with Gasteiger partial charge in [0.2, 0.25) is 17.7 Å². The maximum Gasteiger partial charge on any atom is 0.227 e. The van der Waals surface area contributed by atoms with Crippen molar-refractivity contribution in [3.8, 4) is 0 Å². The monoisotopic (exact) mass is 371 g/mol. The molecule has 1 saturated heterocycles. The zero-order valence-electron chi connectivity index (χ0n) is 13.7. The number of aromatic nitrogens is 2. The second-order valence-electron chi connectivity index (χ2n) is 6.15. The van der Waals surface area contributed by atoms with Gasteiger partial charge >= 0.3 is 0 Å². The highest BCUT2D eigenvalue weighted by atomic mass is 35.5. The summed E-state index contributed by atoms with van der Waals surface area (Å²) >= 11 is 6.04. The van der Waals surface area contributed by atoms with E-state index >= 15 is 0 Å². The normalized spacial score (nSPS) is 17.1. The van der Waals surface area contributed by atoms with Crippen LogP contribution in [0, 0.1) is 5.82 Å². The molecule has 1 amide bonds. The Morgan fingerprint density at radius 2 is 1.96 bits per heavy atom. The molecule has 0 spiro atoms. The molecule has 0 N–H and O–H groups in total. The topological polar surface area (TPSA) is 59.2 Å². The van der Waals surface area contributed by atoms with Crippen molar-refractivity contribution in [3.05, 3.63) is 76.7 Å². The first-order valence-corrected chi connectivity index (χ1v) is 8.60. The maximum absolute atomic E-state index is 13.9. The third-order valence-corrected chi connectivity index (χ3v) is 4.77. The van der Waals surface area contributed by atoms with E-state index < -0.39 is 5.82 Å². The minimum absolute atomic E-state index is 0.0121. The Morgan fingerprint density at radius 3 is 2.73 bits per heavy atom. The van der Waals surface area contributed by atoms with Crippen LogP contribution in [0.15, 0.2) is 52.9 Å². The molecule has 132 valence electrons. The smallest absolute Gasteiger partial charge is 0.227 e. The fourth-order valence-electron chi connectivity index (χ4n) is 3.09. The van der Waals surface area contributed by atoms with Crippen molar-refractivity contribution >= 4 is 23.2 Å². The van der Waals surface area contributed by atoms with Crippen LogP contribution in [0.5, 0.6) is 0 Å². The van der Waals surface area contributed by atoms with Crippen LogP contribution in [-0.2, 0) is 11.2 Å². The molecule has 1 aliphatic rings. The first-order chi connectivity index (χ1) is 12.6. The minimum Gasteiger partial charge on any atom is -0.425 e. The number of nitrogens with zero attached hydrogens (tertiary/aromatic N) is 3. The molecule has 0 unspecified atom stereocenters. The second kappa shape index (κ2) is 6.88. The van der Waals surface area contributed by atoms with Crippen molar-refractivity contribution in [1.82, 2.24) is 10.2 Å². The van der Waals surface area contributed by atoms with Gasteiger partial charge < -0.3 is 9.32 Å². The fourth-order valence-corrected chi connectivity index (χ4v) is 3.32. The van der Waals surface area contributed by atoms with E-state index in [9.17, 15) is 9.18 Å². The van der Waals surface area contributed by atoms with Crippen molar-refractivity contribution in [2.75, 3.05) is 11.4 Å². The number of carbonyl (C=O) groups excluding carboxylic acids is 1. The van der Waals surface area contributed by atoms with Crippen LogP contribution in [0.1, 0.15) is 29.7 Å². The van der Waals surface area contributed by atoms with Gasteiger partial charge in [0.1, 0.15) is 5.82 Å². The fraction of sp³-hybridized carbons (Fsp3) is 0.211. The zero-order chi connectivity index (χ0) is 18.1. The molecule has 5 nitrogen and oxygen atoms in total. The van der Waals surface area contributed by atoms with Gasteiger partial charge in [-0.25, -0.2) is 4.39 Å². The van der Waals surface area contributed by atoms with Gasteiger partial charge in [0, 0.05) is 29.2 Å². The number of hydrogen-bond acceptors (Lipinski definition) is 4. The average molecular weight is 372 g/mol. The van der Waals surface area contributed by atoms with Crippen molar-refractivity contribution in [1.29, 1.82) is 0 Å². The number of benzene rings is 2. The van der Waals surface area contributed by atoms with Gasteiger partial charge in [-0.1, -0.05) is 35.9 Å². The highest BCUT2D eigenvalue weighted by Crippen LogP contribution is 2.31. The average Bonchev–Trinajstić information content (AvgIpc) is 3.26. The van der Waals surface area contributed by atoms with Gasteiger partial charge in [-0.3, -0.25) is 4.79 Å². The Kier molecular flexibility index (Phi) is 4.42. The lowest BCUT2D eigenvalue weighted by atomic mass is 10.1. The second-order valence-corrected chi connectivity index (χ2v) is 6.56. The molecule has 0 saturated carbocycles. The first kappa shape index (κ1) is 16.7.